The fraction of sp³-hybridized carbons (Fsp3) is 0.158. The Kier molecular flexibility index (Phi) is 2.11. The maximum atomic E-state index is 2.36. The predicted molar refractivity (Wildman–Crippen MR) is 81.7 cm³/mol. The largest absolute Gasteiger partial charge is 0.0616 e. The smallest absolute Gasteiger partial charge is 0.00106 e. The van der Waals surface area contributed by atoms with Gasteiger partial charge in [0.25, 0.3) is 0 Å². The van der Waals surface area contributed by atoms with Crippen LogP contribution in [0.2, 0.25) is 0 Å². The number of rotatable bonds is 0. The van der Waals surface area contributed by atoms with E-state index in [1.165, 1.54) is 44.2 Å². The van der Waals surface area contributed by atoms with Crippen LogP contribution in [0, 0.1) is 13.8 Å². The van der Waals surface area contributed by atoms with Gasteiger partial charge in [0, 0.05) is 0 Å². The summed E-state index contributed by atoms with van der Waals surface area (Å²) in [5, 5.41) is 2.69. The molecule has 0 unspecified atom stereocenters. The van der Waals surface area contributed by atoms with E-state index in [0.29, 0.717) is 0 Å². The van der Waals surface area contributed by atoms with Crippen molar-refractivity contribution in [3.8, 4) is 11.1 Å². The minimum Gasteiger partial charge on any atom is -0.0616 e. The Balaban J connectivity index is 2.06. The Morgan fingerprint density at radius 3 is 2.32 bits per heavy atom. The minimum atomic E-state index is 1.08. The van der Waals surface area contributed by atoms with Crippen LogP contribution in [0.1, 0.15) is 22.3 Å². The van der Waals surface area contributed by atoms with Gasteiger partial charge >= 0.3 is 0 Å². The lowest BCUT2D eigenvalue weighted by atomic mass is 9.98. The van der Waals surface area contributed by atoms with Crippen LogP contribution in [0.3, 0.4) is 0 Å². The van der Waals surface area contributed by atoms with Crippen molar-refractivity contribution in [1.29, 1.82) is 0 Å². The van der Waals surface area contributed by atoms with Crippen molar-refractivity contribution < 1.29 is 0 Å². The van der Waals surface area contributed by atoms with Crippen molar-refractivity contribution in [2.75, 3.05) is 0 Å². The van der Waals surface area contributed by atoms with Gasteiger partial charge in [-0.3, -0.25) is 0 Å². The maximum Gasteiger partial charge on any atom is -0.00106 e. The zero-order valence-corrected chi connectivity index (χ0v) is 11.3. The number of benzene rings is 3. The molecule has 1 aliphatic rings. The lowest BCUT2D eigenvalue weighted by molar-refractivity contribution is 1.21. The van der Waals surface area contributed by atoms with Gasteiger partial charge < -0.3 is 0 Å². The van der Waals surface area contributed by atoms with Gasteiger partial charge in [0.15, 0.2) is 0 Å². The fourth-order valence-corrected chi connectivity index (χ4v) is 3.35. The molecule has 0 aliphatic heterocycles. The first kappa shape index (κ1) is 10.8. The second-order valence-corrected chi connectivity index (χ2v) is 5.64. The molecule has 0 N–H and O–H groups in total. The molecule has 0 heterocycles. The highest BCUT2D eigenvalue weighted by Crippen LogP contribution is 2.40. The van der Waals surface area contributed by atoms with Gasteiger partial charge in [0.05, 0.1) is 0 Å². The first-order chi connectivity index (χ1) is 9.22. The van der Waals surface area contributed by atoms with Gasteiger partial charge in [-0.15, -0.1) is 0 Å². The van der Waals surface area contributed by atoms with E-state index in [1.807, 2.05) is 0 Å². The van der Waals surface area contributed by atoms with E-state index in [0.717, 1.165) is 6.42 Å². The Hall–Kier alpha value is -2.08. The lowest BCUT2D eigenvalue weighted by Crippen LogP contribution is -1.87. The van der Waals surface area contributed by atoms with E-state index in [-0.39, 0.29) is 0 Å². The van der Waals surface area contributed by atoms with Crippen LogP contribution in [-0.2, 0) is 6.42 Å². The lowest BCUT2D eigenvalue weighted by Gasteiger charge is -2.06. The number of hydrogen-bond donors (Lipinski definition) is 0. The van der Waals surface area contributed by atoms with Crippen molar-refractivity contribution in [3.63, 3.8) is 0 Å². The van der Waals surface area contributed by atoms with E-state index in [4.69, 9.17) is 0 Å². The number of aryl methyl sites for hydroxylation is 2. The molecule has 4 rings (SSSR count). The molecule has 0 atom stereocenters. The molecule has 0 bridgehead atoms. The normalized spacial score (nSPS) is 12.5. The predicted octanol–water partition coefficient (Wildman–Crippen LogP) is 5.03. The molecule has 1 aliphatic carbocycles. The molecule has 0 heteroatoms. The first-order valence-electron chi connectivity index (χ1n) is 6.84. The third kappa shape index (κ3) is 1.53. The van der Waals surface area contributed by atoms with Gasteiger partial charge in [-0.25, -0.2) is 0 Å². The molecule has 0 aromatic heterocycles. The van der Waals surface area contributed by atoms with Gasteiger partial charge in [-0.1, -0.05) is 48.0 Å². The first-order valence-corrected chi connectivity index (χ1v) is 6.84. The molecule has 0 spiro atoms. The topological polar surface area (TPSA) is 0 Å². The fourth-order valence-electron chi connectivity index (χ4n) is 3.35. The second-order valence-electron chi connectivity index (χ2n) is 5.64. The summed E-state index contributed by atoms with van der Waals surface area (Å²) in [4.78, 5) is 0. The Labute approximate surface area is 113 Å². The van der Waals surface area contributed by atoms with Crippen molar-refractivity contribution in [3.05, 3.63) is 70.8 Å². The molecule has 0 saturated heterocycles. The summed E-state index contributed by atoms with van der Waals surface area (Å²) in [5.41, 5.74) is 8.64. The molecule has 3 aromatic rings. The molecule has 3 aromatic carbocycles. The van der Waals surface area contributed by atoms with Crippen LogP contribution in [0.4, 0.5) is 0 Å². The van der Waals surface area contributed by atoms with E-state index < -0.39 is 0 Å². The number of hydrogen-bond acceptors (Lipinski definition) is 0. The third-order valence-electron chi connectivity index (χ3n) is 4.25. The highest BCUT2D eigenvalue weighted by molar-refractivity contribution is 5.92. The molecule has 92 valence electrons. The molecule has 19 heavy (non-hydrogen) atoms. The van der Waals surface area contributed by atoms with Crippen molar-refractivity contribution in [1.82, 2.24) is 0 Å². The summed E-state index contributed by atoms with van der Waals surface area (Å²) in [6.45, 7) is 4.42. The summed E-state index contributed by atoms with van der Waals surface area (Å²) in [5.74, 6) is 0. The molecule has 0 nitrogen and oxygen atoms in total. The van der Waals surface area contributed by atoms with Crippen molar-refractivity contribution >= 4 is 10.8 Å². The van der Waals surface area contributed by atoms with Gasteiger partial charge in [0.2, 0.25) is 0 Å². The summed E-state index contributed by atoms with van der Waals surface area (Å²) < 4.78 is 0. The standard InChI is InChI=1S/C19H16/c1-12-7-13(2)17-11-16-9-14-5-3-4-6-15(14)10-18(16)19(17)8-12/h3-10H,11H2,1-2H3. The van der Waals surface area contributed by atoms with Crippen molar-refractivity contribution in [2.45, 2.75) is 20.3 Å². The molecular weight excluding hydrogens is 228 g/mol. The van der Waals surface area contributed by atoms with Gasteiger partial charge in [0.1, 0.15) is 0 Å². The minimum absolute atomic E-state index is 1.08. The molecule has 0 saturated carbocycles. The van der Waals surface area contributed by atoms with Crippen LogP contribution in [0.25, 0.3) is 21.9 Å². The Morgan fingerprint density at radius 2 is 1.53 bits per heavy atom. The maximum absolute atomic E-state index is 2.36. The molecule has 0 amide bonds. The van der Waals surface area contributed by atoms with Crippen LogP contribution in [0.15, 0.2) is 48.5 Å². The molecule has 0 radical (unpaired) electrons. The SMILES string of the molecule is Cc1cc(C)c2c(c1)-c1cc3ccccc3cc1C2. The van der Waals surface area contributed by atoms with E-state index >= 15 is 0 Å². The van der Waals surface area contributed by atoms with Gasteiger partial charge in [-0.05, 0) is 64.9 Å². The number of fused-ring (bicyclic) bond motifs is 4. The van der Waals surface area contributed by atoms with Crippen LogP contribution in [-0.4, -0.2) is 0 Å². The summed E-state index contributed by atoms with van der Waals surface area (Å²) in [7, 11) is 0. The highest BCUT2D eigenvalue weighted by Gasteiger charge is 2.20. The van der Waals surface area contributed by atoms with Crippen LogP contribution in [0.5, 0.6) is 0 Å². The zero-order chi connectivity index (χ0) is 13.0. The van der Waals surface area contributed by atoms with E-state index in [1.54, 1.807) is 0 Å². The summed E-state index contributed by atoms with van der Waals surface area (Å²) in [6, 6.07) is 18.0. The van der Waals surface area contributed by atoms with Crippen molar-refractivity contribution in [2.24, 2.45) is 0 Å². The van der Waals surface area contributed by atoms with Gasteiger partial charge in [-0.2, -0.15) is 0 Å². The Morgan fingerprint density at radius 1 is 0.789 bits per heavy atom. The third-order valence-corrected chi connectivity index (χ3v) is 4.25. The van der Waals surface area contributed by atoms with Crippen LogP contribution >= 0.6 is 0 Å². The zero-order valence-electron chi connectivity index (χ0n) is 11.3. The van der Waals surface area contributed by atoms with Crippen LogP contribution < -0.4 is 0 Å². The quantitative estimate of drug-likeness (QED) is 0.407. The molecule has 0 fully saturated rings. The second kappa shape index (κ2) is 3.71. The monoisotopic (exact) mass is 244 g/mol. The van der Waals surface area contributed by atoms with E-state index in [2.05, 4.69) is 62.4 Å². The summed E-state index contributed by atoms with van der Waals surface area (Å²) in [6.07, 6.45) is 1.08. The highest BCUT2D eigenvalue weighted by atomic mass is 14.2. The average Bonchev–Trinajstić information content (AvgIpc) is 2.74. The Bertz CT molecular complexity index is 810. The van der Waals surface area contributed by atoms with E-state index in [9.17, 15) is 0 Å². The molecular formula is C19H16. The summed E-state index contributed by atoms with van der Waals surface area (Å²) >= 11 is 0. The average molecular weight is 244 g/mol.